The number of benzene rings is 1. The Bertz CT molecular complexity index is 779. The molecule has 1 atom stereocenters. The summed E-state index contributed by atoms with van der Waals surface area (Å²) in [7, 11) is 1.71. The zero-order valence-corrected chi connectivity index (χ0v) is 18.3. The smallest absolute Gasteiger partial charge is 0.225 e. The van der Waals surface area contributed by atoms with E-state index in [1.165, 1.54) is 31.4 Å². The van der Waals surface area contributed by atoms with E-state index in [9.17, 15) is 14.0 Å². The molecule has 0 radical (unpaired) electrons. The molecule has 1 aliphatic carbocycles. The third-order valence-corrected chi connectivity index (χ3v) is 6.01. The van der Waals surface area contributed by atoms with Crippen molar-refractivity contribution >= 4 is 17.8 Å². The summed E-state index contributed by atoms with van der Waals surface area (Å²) < 4.78 is 13.2. The van der Waals surface area contributed by atoms with Crippen molar-refractivity contribution in [3.63, 3.8) is 0 Å². The number of hydrogen-bond donors (Lipinski definition) is 3. The molecule has 3 rings (SSSR count). The van der Waals surface area contributed by atoms with Gasteiger partial charge in [-0.25, -0.2) is 4.39 Å². The minimum atomic E-state index is -0.340. The molecule has 0 spiro atoms. The normalized spacial score (nSPS) is 19.9. The topological polar surface area (TPSA) is 85.8 Å². The molecule has 1 aromatic rings. The maximum atomic E-state index is 13.2. The highest BCUT2D eigenvalue weighted by atomic mass is 19.1. The highest BCUT2D eigenvalue weighted by molar-refractivity contribution is 5.81. The zero-order valence-electron chi connectivity index (χ0n) is 18.3. The van der Waals surface area contributed by atoms with E-state index in [0.29, 0.717) is 37.1 Å². The number of hydrogen-bond acceptors (Lipinski definition) is 3. The van der Waals surface area contributed by atoms with Crippen molar-refractivity contribution in [1.82, 2.24) is 20.9 Å². The summed E-state index contributed by atoms with van der Waals surface area (Å²) in [6.45, 7) is 2.46. The van der Waals surface area contributed by atoms with Gasteiger partial charge in [-0.2, -0.15) is 0 Å². The molecule has 1 aromatic carbocycles. The number of nitrogens with one attached hydrogen (secondary N) is 3. The third-order valence-electron chi connectivity index (χ3n) is 6.01. The number of rotatable bonds is 7. The van der Waals surface area contributed by atoms with E-state index in [0.717, 1.165) is 25.8 Å². The van der Waals surface area contributed by atoms with Crippen LogP contribution in [0.1, 0.15) is 44.1 Å². The Morgan fingerprint density at radius 1 is 1.13 bits per heavy atom. The van der Waals surface area contributed by atoms with Crippen molar-refractivity contribution in [2.45, 2.75) is 51.0 Å². The molecule has 8 heteroatoms. The highest BCUT2D eigenvalue weighted by Crippen LogP contribution is 2.26. The van der Waals surface area contributed by atoms with Crippen molar-refractivity contribution in [2.24, 2.45) is 10.9 Å². The van der Waals surface area contributed by atoms with Gasteiger partial charge in [0.15, 0.2) is 5.96 Å². The van der Waals surface area contributed by atoms with Crippen LogP contribution in [0.5, 0.6) is 0 Å². The fraction of sp³-hybridized carbons (Fsp3) is 0.609. The molecule has 1 saturated heterocycles. The molecular weight excluding hydrogens is 397 g/mol. The van der Waals surface area contributed by atoms with Crippen LogP contribution in [0.25, 0.3) is 0 Å². The first kappa shape index (κ1) is 23.0. The standard InChI is InChI=1S/C23H34FN5O2/c1-25-23(27-12-11-26-21(30)15-17-6-5-9-19(24)14-17)28-20-10-13-29(16-20)22(31)18-7-3-2-4-8-18/h5-6,9,14,18,20H,2-4,7-8,10-13,15-16H2,1H3,(H,26,30)(H2,25,27,28). The van der Waals surface area contributed by atoms with Crippen molar-refractivity contribution in [2.75, 3.05) is 33.2 Å². The van der Waals surface area contributed by atoms with E-state index in [1.54, 1.807) is 19.2 Å². The molecule has 2 amide bonds. The van der Waals surface area contributed by atoms with Gasteiger partial charge < -0.3 is 20.9 Å². The number of carbonyl (C=O) groups is 2. The van der Waals surface area contributed by atoms with E-state index in [2.05, 4.69) is 20.9 Å². The van der Waals surface area contributed by atoms with Crippen LogP contribution in [0.3, 0.4) is 0 Å². The highest BCUT2D eigenvalue weighted by Gasteiger charge is 2.31. The number of likely N-dealkylation sites (tertiary alicyclic amines) is 1. The molecule has 2 aliphatic rings. The van der Waals surface area contributed by atoms with Crippen LogP contribution >= 0.6 is 0 Å². The minimum absolute atomic E-state index is 0.150. The molecule has 0 aromatic heterocycles. The van der Waals surface area contributed by atoms with Crippen LogP contribution in [0.4, 0.5) is 4.39 Å². The first-order valence-corrected chi connectivity index (χ1v) is 11.3. The maximum Gasteiger partial charge on any atom is 0.225 e. The number of amides is 2. The molecule has 1 aliphatic heterocycles. The lowest BCUT2D eigenvalue weighted by atomic mass is 9.88. The van der Waals surface area contributed by atoms with E-state index in [1.807, 2.05) is 4.90 Å². The van der Waals surface area contributed by atoms with Crippen LogP contribution in [0.2, 0.25) is 0 Å². The van der Waals surface area contributed by atoms with Crippen molar-refractivity contribution in [3.05, 3.63) is 35.6 Å². The maximum absolute atomic E-state index is 13.2. The van der Waals surface area contributed by atoms with Gasteiger partial charge in [0.05, 0.1) is 6.42 Å². The molecule has 1 unspecified atom stereocenters. The van der Waals surface area contributed by atoms with Crippen LogP contribution in [0.15, 0.2) is 29.3 Å². The summed E-state index contributed by atoms with van der Waals surface area (Å²) in [4.78, 5) is 31.0. The minimum Gasteiger partial charge on any atom is -0.355 e. The van der Waals surface area contributed by atoms with Crippen LogP contribution in [-0.2, 0) is 16.0 Å². The lowest BCUT2D eigenvalue weighted by Gasteiger charge is -2.26. The average molecular weight is 432 g/mol. The molecule has 7 nitrogen and oxygen atoms in total. The van der Waals surface area contributed by atoms with Gasteiger partial charge in [-0.15, -0.1) is 0 Å². The molecule has 2 fully saturated rings. The number of aliphatic imine (C=N–C) groups is 1. The first-order valence-electron chi connectivity index (χ1n) is 11.3. The van der Waals surface area contributed by atoms with Gasteiger partial charge >= 0.3 is 0 Å². The fourth-order valence-corrected chi connectivity index (χ4v) is 4.35. The number of halogens is 1. The summed E-state index contributed by atoms with van der Waals surface area (Å²) in [6.07, 6.45) is 6.70. The predicted octanol–water partition coefficient (Wildman–Crippen LogP) is 1.83. The Balaban J connectivity index is 1.33. The van der Waals surface area contributed by atoms with Gasteiger partial charge in [-0.3, -0.25) is 14.6 Å². The quantitative estimate of drug-likeness (QED) is 0.349. The molecule has 1 saturated carbocycles. The Morgan fingerprint density at radius 3 is 2.65 bits per heavy atom. The Morgan fingerprint density at radius 2 is 1.90 bits per heavy atom. The molecular formula is C23H34FN5O2. The number of nitrogens with zero attached hydrogens (tertiary/aromatic N) is 2. The largest absolute Gasteiger partial charge is 0.355 e. The SMILES string of the molecule is CN=C(NCCNC(=O)Cc1cccc(F)c1)NC1CCN(C(=O)C2CCCCC2)C1. The Labute approximate surface area is 183 Å². The van der Waals surface area contributed by atoms with Gasteiger partial charge in [0.1, 0.15) is 5.82 Å². The molecule has 170 valence electrons. The second-order valence-electron chi connectivity index (χ2n) is 8.40. The number of carbonyl (C=O) groups excluding carboxylic acids is 2. The summed E-state index contributed by atoms with van der Waals surface area (Å²) in [5.74, 6) is 0.695. The summed E-state index contributed by atoms with van der Waals surface area (Å²) >= 11 is 0. The summed E-state index contributed by atoms with van der Waals surface area (Å²) in [6, 6.07) is 6.24. The number of guanidine groups is 1. The first-order chi connectivity index (χ1) is 15.0. The predicted molar refractivity (Wildman–Crippen MR) is 119 cm³/mol. The molecule has 1 heterocycles. The summed E-state index contributed by atoms with van der Waals surface area (Å²) in [5.41, 5.74) is 0.650. The van der Waals surface area contributed by atoms with Gasteiger partial charge in [0.2, 0.25) is 11.8 Å². The van der Waals surface area contributed by atoms with Gasteiger partial charge in [-0.05, 0) is 37.0 Å². The van der Waals surface area contributed by atoms with Crippen LogP contribution < -0.4 is 16.0 Å². The van der Waals surface area contributed by atoms with E-state index >= 15 is 0 Å². The summed E-state index contributed by atoms with van der Waals surface area (Å²) in [5, 5.41) is 9.39. The van der Waals surface area contributed by atoms with Gasteiger partial charge in [0.25, 0.3) is 0 Å². The molecule has 0 bridgehead atoms. The third kappa shape index (κ3) is 7.22. The van der Waals surface area contributed by atoms with E-state index < -0.39 is 0 Å². The van der Waals surface area contributed by atoms with Crippen molar-refractivity contribution in [3.8, 4) is 0 Å². The lowest BCUT2D eigenvalue weighted by molar-refractivity contribution is -0.135. The average Bonchev–Trinajstić information content (AvgIpc) is 3.24. The van der Waals surface area contributed by atoms with E-state index in [-0.39, 0.29) is 30.1 Å². The van der Waals surface area contributed by atoms with Crippen molar-refractivity contribution < 1.29 is 14.0 Å². The Kier molecular flexibility index (Phi) is 8.67. The van der Waals surface area contributed by atoms with Gasteiger partial charge in [0, 0.05) is 45.2 Å². The van der Waals surface area contributed by atoms with E-state index in [4.69, 9.17) is 0 Å². The Hall–Kier alpha value is -2.64. The second kappa shape index (κ2) is 11.7. The molecule has 31 heavy (non-hydrogen) atoms. The lowest BCUT2D eigenvalue weighted by Crippen LogP contribution is -2.47. The zero-order chi connectivity index (χ0) is 22.1. The van der Waals surface area contributed by atoms with Crippen LogP contribution in [-0.4, -0.2) is 61.9 Å². The van der Waals surface area contributed by atoms with Gasteiger partial charge in [-0.1, -0.05) is 31.4 Å². The monoisotopic (exact) mass is 431 g/mol. The second-order valence-corrected chi connectivity index (χ2v) is 8.40. The molecule has 3 N–H and O–H groups in total. The fourth-order valence-electron chi connectivity index (χ4n) is 4.35. The van der Waals surface area contributed by atoms with Crippen LogP contribution in [0, 0.1) is 11.7 Å². The van der Waals surface area contributed by atoms with Crippen molar-refractivity contribution in [1.29, 1.82) is 0 Å².